The predicted molar refractivity (Wildman–Crippen MR) is 99.3 cm³/mol. The van der Waals surface area contributed by atoms with E-state index in [-0.39, 0.29) is 12.0 Å². The summed E-state index contributed by atoms with van der Waals surface area (Å²) in [5.74, 6) is 0.861. The van der Waals surface area contributed by atoms with Crippen LogP contribution in [-0.4, -0.2) is 42.6 Å². The first-order chi connectivity index (χ1) is 12.7. The Morgan fingerprint density at radius 1 is 1.12 bits per heavy atom. The lowest BCUT2D eigenvalue weighted by molar-refractivity contribution is -0.0227. The highest BCUT2D eigenvalue weighted by molar-refractivity contribution is 5.94. The number of carbonyl (C=O) groups excluding carboxylic acids is 1. The fourth-order valence-electron chi connectivity index (χ4n) is 3.28. The standard InChI is InChI=1S/C21H20N2O3/c1-25-19-5-4-16-12-18(3-2-17(16)13-19)20-14-23(10-11-26-20)21(24)15-6-8-22-9-7-15/h2-9,12-13,20H,10-11,14H2,1H3/t20-/m0/s1. The van der Waals surface area contributed by atoms with Gasteiger partial charge >= 0.3 is 0 Å². The molecule has 2 heterocycles. The van der Waals surface area contributed by atoms with E-state index in [0.717, 1.165) is 22.1 Å². The third-order valence-corrected chi connectivity index (χ3v) is 4.72. The van der Waals surface area contributed by atoms with Gasteiger partial charge in [0, 0.05) is 24.5 Å². The van der Waals surface area contributed by atoms with Crippen molar-refractivity contribution >= 4 is 16.7 Å². The number of carbonyl (C=O) groups is 1. The molecule has 1 aliphatic heterocycles. The van der Waals surface area contributed by atoms with Gasteiger partial charge in [-0.2, -0.15) is 0 Å². The van der Waals surface area contributed by atoms with E-state index in [1.165, 1.54) is 0 Å². The molecule has 1 amide bonds. The van der Waals surface area contributed by atoms with Crippen molar-refractivity contribution in [3.05, 3.63) is 72.1 Å². The van der Waals surface area contributed by atoms with Crippen molar-refractivity contribution in [2.75, 3.05) is 26.8 Å². The maximum Gasteiger partial charge on any atom is 0.254 e. The van der Waals surface area contributed by atoms with Crippen molar-refractivity contribution in [2.24, 2.45) is 0 Å². The second kappa shape index (κ2) is 7.14. The molecule has 5 nitrogen and oxygen atoms in total. The molecule has 0 saturated carbocycles. The number of fused-ring (bicyclic) bond motifs is 1. The fraction of sp³-hybridized carbons (Fsp3) is 0.238. The molecular weight excluding hydrogens is 328 g/mol. The molecule has 2 aromatic carbocycles. The quantitative estimate of drug-likeness (QED) is 0.727. The summed E-state index contributed by atoms with van der Waals surface area (Å²) < 4.78 is 11.2. The van der Waals surface area contributed by atoms with Crippen LogP contribution >= 0.6 is 0 Å². The van der Waals surface area contributed by atoms with Gasteiger partial charge in [0.25, 0.3) is 5.91 Å². The number of amides is 1. The van der Waals surface area contributed by atoms with Crippen molar-refractivity contribution in [1.82, 2.24) is 9.88 Å². The minimum atomic E-state index is -0.124. The van der Waals surface area contributed by atoms with Gasteiger partial charge in [-0.15, -0.1) is 0 Å². The minimum absolute atomic E-state index is 0.0197. The van der Waals surface area contributed by atoms with Gasteiger partial charge in [-0.25, -0.2) is 0 Å². The Kier molecular flexibility index (Phi) is 4.54. The third-order valence-electron chi connectivity index (χ3n) is 4.72. The summed E-state index contributed by atoms with van der Waals surface area (Å²) >= 11 is 0. The lowest BCUT2D eigenvalue weighted by Gasteiger charge is -2.33. The molecule has 0 N–H and O–H groups in total. The number of hydrogen-bond donors (Lipinski definition) is 0. The molecule has 0 aliphatic carbocycles. The number of benzene rings is 2. The van der Waals surface area contributed by atoms with Crippen molar-refractivity contribution in [2.45, 2.75) is 6.10 Å². The molecule has 1 fully saturated rings. The van der Waals surface area contributed by atoms with Crippen LogP contribution in [0.3, 0.4) is 0 Å². The maximum absolute atomic E-state index is 12.7. The Morgan fingerprint density at radius 3 is 2.69 bits per heavy atom. The zero-order valence-corrected chi connectivity index (χ0v) is 14.6. The molecule has 0 unspecified atom stereocenters. The molecule has 0 bridgehead atoms. The molecule has 5 heteroatoms. The predicted octanol–water partition coefficient (Wildman–Crippen LogP) is 3.46. The second-order valence-corrected chi connectivity index (χ2v) is 6.32. The maximum atomic E-state index is 12.7. The van der Waals surface area contributed by atoms with Gasteiger partial charge < -0.3 is 14.4 Å². The molecule has 132 valence electrons. The van der Waals surface area contributed by atoms with Crippen molar-refractivity contribution in [3.8, 4) is 5.75 Å². The zero-order chi connectivity index (χ0) is 17.9. The summed E-state index contributed by atoms with van der Waals surface area (Å²) in [4.78, 5) is 18.5. The highest BCUT2D eigenvalue weighted by atomic mass is 16.5. The molecule has 1 aliphatic rings. The van der Waals surface area contributed by atoms with Gasteiger partial charge in [-0.05, 0) is 46.7 Å². The summed E-state index contributed by atoms with van der Waals surface area (Å²) in [5, 5.41) is 2.25. The third kappa shape index (κ3) is 3.26. The highest BCUT2D eigenvalue weighted by Crippen LogP contribution is 2.28. The van der Waals surface area contributed by atoms with Crippen LogP contribution in [0.15, 0.2) is 60.9 Å². The Hall–Kier alpha value is -2.92. The van der Waals surface area contributed by atoms with Crippen molar-refractivity contribution < 1.29 is 14.3 Å². The van der Waals surface area contributed by atoms with Crippen LogP contribution in [0, 0.1) is 0 Å². The number of ether oxygens (including phenoxy) is 2. The Bertz CT molecular complexity index is 927. The smallest absolute Gasteiger partial charge is 0.254 e. The molecule has 3 aromatic rings. The van der Waals surface area contributed by atoms with Crippen LogP contribution in [-0.2, 0) is 4.74 Å². The minimum Gasteiger partial charge on any atom is -0.497 e. The summed E-state index contributed by atoms with van der Waals surface area (Å²) in [6.45, 7) is 1.67. The lowest BCUT2D eigenvalue weighted by Crippen LogP contribution is -2.42. The number of rotatable bonds is 3. The summed E-state index contributed by atoms with van der Waals surface area (Å²) in [6, 6.07) is 15.8. The van der Waals surface area contributed by atoms with Gasteiger partial charge in [-0.1, -0.05) is 18.2 Å². The number of nitrogens with zero attached hydrogens (tertiary/aromatic N) is 2. The van der Waals surface area contributed by atoms with E-state index < -0.39 is 0 Å². The number of aromatic nitrogens is 1. The first kappa shape index (κ1) is 16.5. The SMILES string of the molecule is COc1ccc2cc([C@@H]3CN(C(=O)c4ccncc4)CCO3)ccc2c1. The first-order valence-electron chi connectivity index (χ1n) is 8.63. The van der Waals surface area contributed by atoms with Gasteiger partial charge in [0.15, 0.2) is 0 Å². The topological polar surface area (TPSA) is 51.7 Å². The average Bonchev–Trinajstić information content (AvgIpc) is 2.73. The largest absolute Gasteiger partial charge is 0.497 e. The van der Waals surface area contributed by atoms with Crippen molar-refractivity contribution in [1.29, 1.82) is 0 Å². The Morgan fingerprint density at radius 2 is 1.88 bits per heavy atom. The van der Waals surface area contributed by atoms with Crippen molar-refractivity contribution in [3.63, 3.8) is 0 Å². The van der Waals surface area contributed by atoms with Gasteiger partial charge in [-0.3, -0.25) is 9.78 Å². The normalized spacial score (nSPS) is 17.3. The monoisotopic (exact) mass is 348 g/mol. The van der Waals surface area contributed by atoms with Crippen LogP contribution in [0.5, 0.6) is 5.75 Å². The van der Waals surface area contributed by atoms with Crippen LogP contribution in [0.1, 0.15) is 22.0 Å². The average molecular weight is 348 g/mol. The zero-order valence-electron chi connectivity index (χ0n) is 14.6. The molecular formula is C21H20N2O3. The number of methoxy groups -OCH3 is 1. The van der Waals surface area contributed by atoms with Gasteiger partial charge in [0.05, 0.1) is 20.3 Å². The van der Waals surface area contributed by atoms with E-state index in [2.05, 4.69) is 23.2 Å². The Balaban J connectivity index is 1.56. The summed E-state index contributed by atoms with van der Waals surface area (Å²) in [5.41, 5.74) is 1.74. The number of morpholine rings is 1. The van der Waals surface area contributed by atoms with Gasteiger partial charge in [0.2, 0.25) is 0 Å². The lowest BCUT2D eigenvalue weighted by atomic mass is 10.0. The first-order valence-corrected chi connectivity index (χ1v) is 8.63. The molecule has 26 heavy (non-hydrogen) atoms. The van der Waals surface area contributed by atoms with E-state index in [1.807, 2.05) is 23.1 Å². The summed E-state index contributed by atoms with van der Waals surface area (Å²) in [7, 11) is 1.67. The van der Waals surface area contributed by atoms with Crippen LogP contribution < -0.4 is 4.74 Å². The van der Waals surface area contributed by atoms with Crippen LogP contribution in [0.4, 0.5) is 0 Å². The fourth-order valence-corrected chi connectivity index (χ4v) is 3.28. The molecule has 1 aromatic heterocycles. The number of pyridine rings is 1. The van der Waals surface area contributed by atoms with E-state index in [9.17, 15) is 4.79 Å². The van der Waals surface area contributed by atoms with E-state index in [0.29, 0.717) is 25.3 Å². The van der Waals surface area contributed by atoms with E-state index in [4.69, 9.17) is 9.47 Å². The van der Waals surface area contributed by atoms with Crippen LogP contribution in [0.2, 0.25) is 0 Å². The summed E-state index contributed by atoms with van der Waals surface area (Å²) in [6.07, 6.45) is 3.16. The number of hydrogen-bond acceptors (Lipinski definition) is 4. The highest BCUT2D eigenvalue weighted by Gasteiger charge is 2.26. The molecule has 0 radical (unpaired) electrons. The van der Waals surface area contributed by atoms with E-state index >= 15 is 0 Å². The Labute approximate surface area is 152 Å². The van der Waals surface area contributed by atoms with Crippen LogP contribution in [0.25, 0.3) is 10.8 Å². The molecule has 1 saturated heterocycles. The molecule has 1 atom stereocenters. The van der Waals surface area contributed by atoms with Gasteiger partial charge in [0.1, 0.15) is 11.9 Å². The van der Waals surface area contributed by atoms with E-state index in [1.54, 1.807) is 31.6 Å². The second-order valence-electron chi connectivity index (χ2n) is 6.32. The molecule has 4 rings (SSSR count). The molecule has 0 spiro atoms.